The highest BCUT2D eigenvalue weighted by molar-refractivity contribution is 9.10. The lowest BCUT2D eigenvalue weighted by molar-refractivity contribution is 0.542. The quantitative estimate of drug-likeness (QED) is 0.915. The maximum Gasteiger partial charge on any atom is 0.122 e. The Morgan fingerprint density at radius 3 is 2.62 bits per heavy atom. The fraction of sp³-hybridized carbons (Fsp3) is 0.250. The van der Waals surface area contributed by atoms with Crippen LogP contribution < -0.4 is 5.73 Å². The van der Waals surface area contributed by atoms with Crippen LogP contribution >= 0.6 is 15.9 Å². The predicted molar refractivity (Wildman–Crippen MR) is 70.2 cm³/mol. The Labute approximate surface area is 103 Å². The summed E-state index contributed by atoms with van der Waals surface area (Å²) in [7, 11) is 0. The Kier molecular flexibility index (Phi) is 3.01. The highest BCUT2D eigenvalue weighted by Crippen LogP contribution is 2.24. The first-order chi connectivity index (χ1) is 7.58. The molecule has 16 heavy (non-hydrogen) atoms. The van der Waals surface area contributed by atoms with Gasteiger partial charge in [0.25, 0.3) is 0 Å². The third kappa shape index (κ3) is 2.11. The summed E-state index contributed by atoms with van der Waals surface area (Å²) in [6.07, 6.45) is 0. The van der Waals surface area contributed by atoms with Gasteiger partial charge < -0.3 is 5.73 Å². The molecule has 2 rings (SSSR count). The number of hydrogen-bond acceptors (Lipinski definition) is 2. The highest BCUT2D eigenvalue weighted by atomic mass is 79.9. The van der Waals surface area contributed by atoms with E-state index in [0.717, 1.165) is 15.7 Å². The predicted octanol–water partition coefficient (Wildman–Crippen LogP) is 3.48. The van der Waals surface area contributed by atoms with Crippen molar-refractivity contribution in [3.8, 4) is 11.3 Å². The molecule has 1 aromatic carbocycles. The number of anilines is 1. The molecule has 0 spiro atoms. The van der Waals surface area contributed by atoms with Crippen LogP contribution in [0.25, 0.3) is 11.3 Å². The van der Waals surface area contributed by atoms with Crippen LogP contribution in [0.4, 0.5) is 5.82 Å². The number of aromatic nitrogens is 2. The Bertz CT molecular complexity index is 503. The van der Waals surface area contributed by atoms with Gasteiger partial charge in [-0.2, -0.15) is 5.10 Å². The summed E-state index contributed by atoms with van der Waals surface area (Å²) in [5.74, 6) is 0.699. The fourth-order valence-corrected chi connectivity index (χ4v) is 2.01. The molecule has 84 valence electrons. The number of nitrogens with two attached hydrogens (primary N) is 1. The molecule has 1 aromatic heterocycles. The minimum absolute atomic E-state index is 0.279. The second-order valence-electron chi connectivity index (χ2n) is 4.00. The van der Waals surface area contributed by atoms with Crippen LogP contribution in [0.2, 0.25) is 0 Å². The molecule has 0 radical (unpaired) electrons. The molecule has 2 aromatic rings. The summed E-state index contributed by atoms with van der Waals surface area (Å²) in [4.78, 5) is 0. The molecule has 2 N–H and O–H groups in total. The molecular formula is C12H14BrN3. The molecule has 0 fully saturated rings. The number of benzene rings is 1. The summed E-state index contributed by atoms with van der Waals surface area (Å²) in [6, 6.07) is 10.2. The second kappa shape index (κ2) is 4.29. The van der Waals surface area contributed by atoms with Crippen molar-refractivity contribution >= 4 is 21.7 Å². The molecule has 0 amide bonds. The number of hydrogen-bond donors (Lipinski definition) is 1. The van der Waals surface area contributed by atoms with Crippen LogP contribution in [-0.4, -0.2) is 9.78 Å². The van der Waals surface area contributed by atoms with Crippen LogP contribution in [0.3, 0.4) is 0 Å². The van der Waals surface area contributed by atoms with E-state index >= 15 is 0 Å². The van der Waals surface area contributed by atoms with Crippen molar-refractivity contribution in [1.29, 1.82) is 0 Å². The largest absolute Gasteiger partial charge is 0.384 e. The summed E-state index contributed by atoms with van der Waals surface area (Å²) in [5, 5.41) is 4.49. The van der Waals surface area contributed by atoms with Gasteiger partial charge in [0.2, 0.25) is 0 Å². The lowest BCUT2D eigenvalue weighted by atomic mass is 10.2. The van der Waals surface area contributed by atoms with Gasteiger partial charge in [-0.1, -0.05) is 28.1 Å². The van der Waals surface area contributed by atoms with E-state index in [4.69, 9.17) is 5.73 Å². The first-order valence-corrected chi connectivity index (χ1v) is 5.98. The van der Waals surface area contributed by atoms with Gasteiger partial charge in [0.15, 0.2) is 0 Å². The van der Waals surface area contributed by atoms with Gasteiger partial charge in [-0.15, -0.1) is 0 Å². The Morgan fingerprint density at radius 2 is 2.06 bits per heavy atom. The monoisotopic (exact) mass is 279 g/mol. The zero-order valence-electron chi connectivity index (χ0n) is 9.31. The molecule has 0 bridgehead atoms. The van der Waals surface area contributed by atoms with E-state index in [1.807, 2.05) is 35.0 Å². The molecule has 0 aliphatic carbocycles. The van der Waals surface area contributed by atoms with Crippen molar-refractivity contribution in [2.75, 3.05) is 5.73 Å². The average molecular weight is 280 g/mol. The minimum Gasteiger partial charge on any atom is -0.384 e. The van der Waals surface area contributed by atoms with Gasteiger partial charge in [0.1, 0.15) is 5.82 Å². The molecule has 0 saturated carbocycles. The van der Waals surface area contributed by atoms with Gasteiger partial charge in [0, 0.05) is 22.1 Å². The van der Waals surface area contributed by atoms with Crippen LogP contribution in [0.15, 0.2) is 34.8 Å². The maximum atomic E-state index is 5.91. The van der Waals surface area contributed by atoms with Crippen molar-refractivity contribution in [3.05, 3.63) is 34.8 Å². The molecule has 0 atom stereocenters. The molecule has 0 unspecified atom stereocenters. The first kappa shape index (κ1) is 11.2. The van der Waals surface area contributed by atoms with Crippen LogP contribution in [0, 0.1) is 0 Å². The summed E-state index contributed by atoms with van der Waals surface area (Å²) >= 11 is 3.45. The summed E-state index contributed by atoms with van der Waals surface area (Å²) < 4.78 is 2.87. The van der Waals surface area contributed by atoms with E-state index in [-0.39, 0.29) is 6.04 Å². The smallest absolute Gasteiger partial charge is 0.122 e. The normalized spacial score (nSPS) is 11.0. The standard InChI is InChI=1S/C12H14BrN3/c1-8(2)16-12(14)7-11(15-16)9-4-3-5-10(13)6-9/h3-8H,14H2,1-2H3. The lowest BCUT2D eigenvalue weighted by Gasteiger charge is -2.06. The lowest BCUT2D eigenvalue weighted by Crippen LogP contribution is -2.06. The van der Waals surface area contributed by atoms with E-state index in [1.54, 1.807) is 0 Å². The molecule has 0 aliphatic rings. The zero-order valence-corrected chi connectivity index (χ0v) is 10.9. The van der Waals surface area contributed by atoms with Crippen molar-refractivity contribution < 1.29 is 0 Å². The Hall–Kier alpha value is -1.29. The van der Waals surface area contributed by atoms with Gasteiger partial charge >= 0.3 is 0 Å². The van der Waals surface area contributed by atoms with Crippen molar-refractivity contribution in [3.63, 3.8) is 0 Å². The van der Waals surface area contributed by atoms with Crippen molar-refractivity contribution in [2.24, 2.45) is 0 Å². The van der Waals surface area contributed by atoms with Crippen LogP contribution in [0.5, 0.6) is 0 Å². The summed E-state index contributed by atoms with van der Waals surface area (Å²) in [6.45, 7) is 4.13. The number of nitrogens with zero attached hydrogens (tertiary/aromatic N) is 2. The van der Waals surface area contributed by atoms with E-state index < -0.39 is 0 Å². The number of nitrogen functional groups attached to an aromatic ring is 1. The van der Waals surface area contributed by atoms with Gasteiger partial charge in [0.05, 0.1) is 5.69 Å². The number of rotatable bonds is 2. The minimum atomic E-state index is 0.279. The maximum absolute atomic E-state index is 5.91. The zero-order chi connectivity index (χ0) is 11.7. The van der Waals surface area contributed by atoms with Crippen LogP contribution in [0.1, 0.15) is 19.9 Å². The second-order valence-corrected chi connectivity index (χ2v) is 4.92. The Morgan fingerprint density at radius 1 is 1.31 bits per heavy atom. The molecule has 0 aliphatic heterocycles. The van der Waals surface area contributed by atoms with Crippen molar-refractivity contribution in [1.82, 2.24) is 9.78 Å². The Balaban J connectivity index is 2.45. The van der Waals surface area contributed by atoms with E-state index in [2.05, 4.69) is 34.9 Å². The average Bonchev–Trinajstić information content (AvgIpc) is 2.60. The summed E-state index contributed by atoms with van der Waals surface area (Å²) in [5.41, 5.74) is 7.89. The SMILES string of the molecule is CC(C)n1nc(-c2cccc(Br)c2)cc1N. The highest BCUT2D eigenvalue weighted by Gasteiger charge is 2.09. The van der Waals surface area contributed by atoms with E-state index in [9.17, 15) is 0 Å². The van der Waals surface area contributed by atoms with Gasteiger partial charge in [-0.25, -0.2) is 4.68 Å². The van der Waals surface area contributed by atoms with Crippen LogP contribution in [-0.2, 0) is 0 Å². The first-order valence-electron chi connectivity index (χ1n) is 5.19. The van der Waals surface area contributed by atoms with E-state index in [1.165, 1.54) is 0 Å². The topological polar surface area (TPSA) is 43.8 Å². The van der Waals surface area contributed by atoms with E-state index in [0.29, 0.717) is 5.82 Å². The van der Waals surface area contributed by atoms with Gasteiger partial charge in [-0.3, -0.25) is 0 Å². The molecule has 0 saturated heterocycles. The number of halogens is 1. The van der Waals surface area contributed by atoms with Crippen molar-refractivity contribution in [2.45, 2.75) is 19.9 Å². The fourth-order valence-electron chi connectivity index (χ4n) is 1.61. The third-order valence-corrected chi connectivity index (χ3v) is 2.87. The molecule has 3 nitrogen and oxygen atoms in total. The van der Waals surface area contributed by atoms with Gasteiger partial charge in [-0.05, 0) is 26.0 Å². The molecule has 4 heteroatoms. The molecule has 1 heterocycles. The molecular weight excluding hydrogens is 266 g/mol. The third-order valence-electron chi connectivity index (χ3n) is 2.37.